The Hall–Kier alpha value is -2.25. The van der Waals surface area contributed by atoms with Gasteiger partial charge >= 0.3 is 7.27 Å². The highest BCUT2D eigenvalue weighted by Gasteiger charge is 2.26. The predicted octanol–water partition coefficient (Wildman–Crippen LogP) is 1.40. The Balaban J connectivity index is 2.54. The van der Waals surface area contributed by atoms with Crippen LogP contribution in [0.4, 0.5) is 13.0 Å². The van der Waals surface area contributed by atoms with Crippen molar-refractivity contribution in [3.63, 3.8) is 0 Å². The molecule has 1 aromatic rings. The second kappa shape index (κ2) is 5.03. The number of benzene rings is 1. The van der Waals surface area contributed by atoms with Gasteiger partial charge in [-0.15, -0.1) is 0 Å². The lowest BCUT2D eigenvalue weighted by atomic mass is 9.81. The first kappa shape index (κ1) is 14.2. The predicted molar refractivity (Wildman–Crippen MR) is 69.5 cm³/mol. The maximum absolute atomic E-state index is 13.3. The molecule has 1 heterocycles. The van der Waals surface area contributed by atoms with Gasteiger partial charge in [0.05, 0.1) is 0 Å². The third-order valence-corrected chi connectivity index (χ3v) is 2.97. The number of rotatable bonds is 2. The van der Waals surface area contributed by atoms with Crippen LogP contribution in [0.15, 0.2) is 22.8 Å². The summed E-state index contributed by atoms with van der Waals surface area (Å²) in [4.78, 5) is 16.9. The van der Waals surface area contributed by atoms with Crippen molar-refractivity contribution in [3.8, 4) is 5.75 Å². The molecule has 2 rings (SSSR count). The summed E-state index contributed by atoms with van der Waals surface area (Å²) in [5.74, 6) is -1.95. The standard InChI is InChI=1S/C12H10BF3N2O2/c1-6-17-10(12(20)18(6)2)4-7-3-9(14)11(19)5-8(7)13(15)16/h3-5,19H,1-2H3. The third-order valence-electron chi connectivity index (χ3n) is 2.97. The van der Waals surface area contributed by atoms with E-state index in [0.717, 1.165) is 12.1 Å². The van der Waals surface area contributed by atoms with E-state index in [1.807, 2.05) is 0 Å². The van der Waals surface area contributed by atoms with Crippen LogP contribution in [0.3, 0.4) is 0 Å². The number of amides is 1. The van der Waals surface area contributed by atoms with Gasteiger partial charge in [-0.2, -0.15) is 0 Å². The first-order valence-electron chi connectivity index (χ1n) is 5.67. The summed E-state index contributed by atoms with van der Waals surface area (Å²) < 4.78 is 39.0. The topological polar surface area (TPSA) is 52.9 Å². The molecular weight excluding hydrogens is 272 g/mol. The van der Waals surface area contributed by atoms with Crippen LogP contribution in [0.5, 0.6) is 5.75 Å². The minimum atomic E-state index is -2.91. The van der Waals surface area contributed by atoms with E-state index in [4.69, 9.17) is 5.11 Å². The van der Waals surface area contributed by atoms with E-state index >= 15 is 0 Å². The number of hydrogen-bond acceptors (Lipinski definition) is 3. The van der Waals surface area contributed by atoms with Gasteiger partial charge in [-0.1, -0.05) is 0 Å². The Morgan fingerprint density at radius 1 is 1.40 bits per heavy atom. The smallest absolute Gasteiger partial charge is 0.505 e. The lowest BCUT2D eigenvalue weighted by Gasteiger charge is -2.07. The van der Waals surface area contributed by atoms with E-state index in [0.29, 0.717) is 11.9 Å². The number of amidine groups is 1. The minimum Gasteiger partial charge on any atom is -0.505 e. The number of phenols is 1. The number of hydrogen-bond donors (Lipinski definition) is 1. The van der Waals surface area contributed by atoms with Gasteiger partial charge in [0.15, 0.2) is 11.6 Å². The second-order valence-electron chi connectivity index (χ2n) is 4.29. The van der Waals surface area contributed by atoms with E-state index in [1.165, 1.54) is 11.9 Å². The fraction of sp³-hybridized carbons (Fsp3) is 0.167. The van der Waals surface area contributed by atoms with E-state index < -0.39 is 30.2 Å². The molecule has 1 N–H and O–H groups in total. The Morgan fingerprint density at radius 2 is 2.05 bits per heavy atom. The fourth-order valence-corrected chi connectivity index (χ4v) is 1.76. The number of carbonyl (C=O) groups excluding carboxylic acids is 1. The SMILES string of the molecule is CC1=NC(=Cc2cc(F)c(O)cc2B(F)F)C(=O)N1C. The molecule has 0 atom stereocenters. The summed E-state index contributed by atoms with van der Waals surface area (Å²) in [5.41, 5.74) is -0.811. The molecule has 1 aliphatic rings. The van der Waals surface area contributed by atoms with Crippen molar-refractivity contribution in [2.24, 2.45) is 4.99 Å². The quantitative estimate of drug-likeness (QED) is 0.658. The van der Waals surface area contributed by atoms with Gasteiger partial charge < -0.3 is 5.11 Å². The summed E-state index contributed by atoms with van der Waals surface area (Å²) >= 11 is 0. The summed E-state index contributed by atoms with van der Waals surface area (Å²) in [7, 11) is -1.42. The second-order valence-corrected chi connectivity index (χ2v) is 4.29. The molecule has 0 aromatic heterocycles. The summed E-state index contributed by atoms with van der Waals surface area (Å²) in [6, 6.07) is 1.40. The van der Waals surface area contributed by atoms with Crippen molar-refractivity contribution in [2.45, 2.75) is 6.92 Å². The van der Waals surface area contributed by atoms with Crippen LogP contribution in [0.1, 0.15) is 12.5 Å². The van der Waals surface area contributed by atoms with Crippen molar-refractivity contribution in [2.75, 3.05) is 7.05 Å². The Bertz CT molecular complexity index is 644. The molecule has 4 nitrogen and oxygen atoms in total. The fourth-order valence-electron chi connectivity index (χ4n) is 1.76. The Morgan fingerprint density at radius 3 is 2.55 bits per heavy atom. The normalized spacial score (nSPS) is 16.9. The van der Waals surface area contributed by atoms with Gasteiger partial charge in [0, 0.05) is 12.5 Å². The Kier molecular flexibility index (Phi) is 3.56. The zero-order valence-corrected chi connectivity index (χ0v) is 10.7. The van der Waals surface area contributed by atoms with E-state index in [1.54, 1.807) is 6.92 Å². The summed E-state index contributed by atoms with van der Waals surface area (Å²) in [5, 5.41) is 9.14. The van der Waals surface area contributed by atoms with Gasteiger partial charge in [-0.25, -0.2) is 9.38 Å². The van der Waals surface area contributed by atoms with Crippen LogP contribution in [-0.4, -0.2) is 36.1 Å². The van der Waals surface area contributed by atoms with Gasteiger partial charge in [0.2, 0.25) is 0 Å². The molecule has 0 radical (unpaired) electrons. The maximum Gasteiger partial charge on any atom is 0.572 e. The van der Waals surface area contributed by atoms with Gasteiger partial charge in [-0.05, 0) is 30.7 Å². The number of halogens is 3. The lowest BCUT2D eigenvalue weighted by Crippen LogP contribution is -2.26. The summed E-state index contributed by atoms with van der Waals surface area (Å²) in [6.07, 6.45) is 1.08. The minimum absolute atomic E-state index is 0.0583. The molecule has 0 unspecified atom stereocenters. The molecule has 0 saturated carbocycles. The van der Waals surface area contributed by atoms with Gasteiger partial charge in [-0.3, -0.25) is 18.3 Å². The van der Waals surface area contributed by atoms with Crippen LogP contribution < -0.4 is 5.46 Å². The number of likely N-dealkylation sites (N-methyl/N-ethyl adjacent to an activating group) is 1. The summed E-state index contributed by atoms with van der Waals surface area (Å²) in [6.45, 7) is 1.59. The zero-order valence-electron chi connectivity index (χ0n) is 10.7. The van der Waals surface area contributed by atoms with Crippen molar-refractivity contribution in [3.05, 3.63) is 29.2 Å². The van der Waals surface area contributed by atoms with Crippen LogP contribution in [0.25, 0.3) is 6.08 Å². The van der Waals surface area contributed by atoms with E-state index in [2.05, 4.69) is 4.99 Å². The largest absolute Gasteiger partial charge is 0.572 e. The molecule has 0 saturated heterocycles. The molecule has 0 aliphatic carbocycles. The van der Waals surface area contributed by atoms with Crippen molar-refractivity contribution in [1.82, 2.24) is 4.90 Å². The van der Waals surface area contributed by atoms with Crippen LogP contribution in [0.2, 0.25) is 0 Å². The number of aliphatic imine (C=N–C) groups is 1. The highest BCUT2D eigenvalue weighted by molar-refractivity contribution is 6.61. The highest BCUT2D eigenvalue weighted by atomic mass is 19.2. The van der Waals surface area contributed by atoms with Crippen molar-refractivity contribution >= 4 is 30.5 Å². The van der Waals surface area contributed by atoms with Crippen LogP contribution in [-0.2, 0) is 4.79 Å². The first-order chi connectivity index (χ1) is 9.31. The molecule has 1 aromatic carbocycles. The molecular formula is C12H10BF3N2O2. The van der Waals surface area contributed by atoms with Crippen LogP contribution in [0, 0.1) is 5.82 Å². The molecule has 20 heavy (non-hydrogen) atoms. The Labute approximate surface area is 113 Å². The first-order valence-corrected chi connectivity index (χ1v) is 5.67. The molecule has 0 spiro atoms. The zero-order chi connectivity index (χ0) is 15.0. The number of carbonyl (C=O) groups is 1. The monoisotopic (exact) mass is 282 g/mol. The molecule has 8 heteroatoms. The third kappa shape index (κ3) is 2.41. The molecule has 104 valence electrons. The molecule has 1 amide bonds. The number of aromatic hydroxyl groups is 1. The number of nitrogens with zero attached hydrogens (tertiary/aromatic N) is 2. The van der Waals surface area contributed by atoms with Crippen molar-refractivity contribution in [1.29, 1.82) is 0 Å². The average molecular weight is 282 g/mol. The van der Waals surface area contributed by atoms with E-state index in [9.17, 15) is 17.8 Å². The van der Waals surface area contributed by atoms with Crippen LogP contribution >= 0.6 is 0 Å². The van der Waals surface area contributed by atoms with E-state index in [-0.39, 0.29) is 11.3 Å². The molecule has 1 aliphatic heterocycles. The maximum atomic E-state index is 13.3. The van der Waals surface area contributed by atoms with Gasteiger partial charge in [0.1, 0.15) is 11.5 Å². The molecule has 0 bridgehead atoms. The van der Waals surface area contributed by atoms with Gasteiger partial charge in [0.25, 0.3) is 5.91 Å². The number of phenolic OH excluding ortho intramolecular Hbond substituents is 1. The lowest BCUT2D eigenvalue weighted by molar-refractivity contribution is -0.121. The average Bonchev–Trinajstić information content (AvgIpc) is 2.61. The molecule has 0 fully saturated rings. The van der Waals surface area contributed by atoms with Crippen molar-refractivity contribution < 1.29 is 22.9 Å². The highest BCUT2D eigenvalue weighted by Crippen LogP contribution is 2.21.